The van der Waals surface area contributed by atoms with Crippen LogP contribution in [0, 0.1) is 0 Å². The maximum absolute atomic E-state index is 11.7. The van der Waals surface area contributed by atoms with Crippen molar-refractivity contribution in [3.05, 3.63) is 18.2 Å². The van der Waals surface area contributed by atoms with Crippen LogP contribution in [0.1, 0.15) is 13.3 Å². The van der Waals surface area contributed by atoms with Crippen molar-refractivity contribution in [1.82, 2.24) is 0 Å². The minimum atomic E-state index is -0.984. The van der Waals surface area contributed by atoms with Crippen LogP contribution in [-0.4, -0.2) is 17.1 Å². The summed E-state index contributed by atoms with van der Waals surface area (Å²) in [4.78, 5) is 0.726. The van der Waals surface area contributed by atoms with Gasteiger partial charge in [-0.3, -0.25) is 4.21 Å². The van der Waals surface area contributed by atoms with Crippen LogP contribution in [-0.2, 0) is 10.8 Å². The molecule has 1 atom stereocenters. The minimum absolute atomic E-state index is 0.608. The van der Waals surface area contributed by atoms with Gasteiger partial charge >= 0.3 is 0 Å². The van der Waals surface area contributed by atoms with E-state index in [1.807, 2.05) is 6.92 Å². The van der Waals surface area contributed by atoms with Crippen LogP contribution in [0.2, 0.25) is 0 Å². The lowest BCUT2D eigenvalue weighted by atomic mass is 10.3. The Kier molecular flexibility index (Phi) is 3.95. The van der Waals surface area contributed by atoms with Crippen LogP contribution >= 0.6 is 0 Å². The molecule has 0 amide bonds. The van der Waals surface area contributed by atoms with Gasteiger partial charge in [-0.05, 0) is 18.6 Å². The number of anilines is 1. The maximum Gasteiger partial charge on any atom is 0.137 e. The number of methoxy groups -OCH3 is 1. The smallest absolute Gasteiger partial charge is 0.137 e. The van der Waals surface area contributed by atoms with Crippen LogP contribution in [0.25, 0.3) is 0 Å². The molecule has 1 aromatic rings. The highest BCUT2D eigenvalue weighted by molar-refractivity contribution is 7.85. The Morgan fingerprint density at radius 2 is 2.21 bits per heavy atom. The summed E-state index contributed by atoms with van der Waals surface area (Å²) in [6.07, 6.45) is 0.889. The molecule has 0 aliphatic heterocycles. The molecule has 1 rings (SSSR count). The zero-order chi connectivity index (χ0) is 10.6. The second-order valence-electron chi connectivity index (χ2n) is 2.96. The number of hydrogen-bond acceptors (Lipinski definition) is 3. The molecule has 0 heterocycles. The molecule has 1 unspecified atom stereocenters. The number of nitrogen functional groups attached to an aromatic ring is 1. The molecule has 0 aromatic heterocycles. The van der Waals surface area contributed by atoms with Crippen molar-refractivity contribution in [2.45, 2.75) is 18.2 Å². The standard InChI is InChI=1S/C10H15NO2S/c1-3-6-14(12)10-5-4-8(11)7-9(10)13-2/h4-5,7H,3,6,11H2,1-2H3. The van der Waals surface area contributed by atoms with Crippen LogP contribution in [0.4, 0.5) is 5.69 Å². The predicted octanol–water partition coefficient (Wildman–Crippen LogP) is 1.79. The summed E-state index contributed by atoms with van der Waals surface area (Å²) in [7, 11) is 0.573. The van der Waals surface area contributed by atoms with Crippen molar-refractivity contribution < 1.29 is 8.95 Å². The summed E-state index contributed by atoms with van der Waals surface area (Å²) in [5.41, 5.74) is 6.22. The number of benzene rings is 1. The molecule has 0 saturated heterocycles. The SMILES string of the molecule is CCCS(=O)c1ccc(N)cc1OC. The first-order chi connectivity index (χ1) is 6.69. The van der Waals surface area contributed by atoms with Gasteiger partial charge in [0.15, 0.2) is 0 Å². The first kappa shape index (κ1) is 11.0. The zero-order valence-corrected chi connectivity index (χ0v) is 9.26. The van der Waals surface area contributed by atoms with Gasteiger partial charge in [-0.25, -0.2) is 0 Å². The zero-order valence-electron chi connectivity index (χ0n) is 8.45. The van der Waals surface area contributed by atoms with E-state index in [1.165, 1.54) is 0 Å². The van der Waals surface area contributed by atoms with E-state index >= 15 is 0 Å². The van der Waals surface area contributed by atoms with Gasteiger partial charge in [-0.2, -0.15) is 0 Å². The van der Waals surface area contributed by atoms with Crippen molar-refractivity contribution in [3.8, 4) is 5.75 Å². The largest absolute Gasteiger partial charge is 0.495 e. The Balaban J connectivity index is 3.01. The number of ether oxygens (including phenoxy) is 1. The highest BCUT2D eigenvalue weighted by atomic mass is 32.2. The first-order valence-electron chi connectivity index (χ1n) is 4.51. The minimum Gasteiger partial charge on any atom is -0.495 e. The number of nitrogens with two attached hydrogens (primary N) is 1. The molecule has 3 nitrogen and oxygen atoms in total. The lowest BCUT2D eigenvalue weighted by molar-refractivity contribution is 0.404. The molecule has 0 radical (unpaired) electrons. The summed E-state index contributed by atoms with van der Waals surface area (Å²) in [5, 5.41) is 0. The molecule has 0 saturated carbocycles. The van der Waals surface area contributed by atoms with Crippen LogP contribution in [0.15, 0.2) is 23.1 Å². The summed E-state index contributed by atoms with van der Waals surface area (Å²) in [6, 6.07) is 5.20. The van der Waals surface area contributed by atoms with E-state index in [1.54, 1.807) is 25.3 Å². The van der Waals surface area contributed by atoms with Gasteiger partial charge in [0, 0.05) is 17.5 Å². The van der Waals surface area contributed by atoms with E-state index in [0.717, 1.165) is 11.3 Å². The van der Waals surface area contributed by atoms with Gasteiger partial charge in [0.1, 0.15) is 5.75 Å². The van der Waals surface area contributed by atoms with Crippen molar-refractivity contribution >= 4 is 16.5 Å². The molecule has 0 aliphatic rings. The molecule has 14 heavy (non-hydrogen) atoms. The Labute approximate surface area is 86.7 Å². The lowest BCUT2D eigenvalue weighted by Crippen LogP contribution is -2.00. The molecule has 1 aromatic carbocycles. The Morgan fingerprint density at radius 1 is 1.50 bits per heavy atom. The van der Waals surface area contributed by atoms with E-state index in [2.05, 4.69) is 0 Å². The fourth-order valence-corrected chi connectivity index (χ4v) is 2.34. The van der Waals surface area contributed by atoms with Gasteiger partial charge in [0.2, 0.25) is 0 Å². The molecule has 0 spiro atoms. The quantitative estimate of drug-likeness (QED) is 0.776. The van der Waals surface area contributed by atoms with Gasteiger partial charge in [0.05, 0.1) is 22.8 Å². The third-order valence-electron chi connectivity index (χ3n) is 1.82. The van der Waals surface area contributed by atoms with Crippen molar-refractivity contribution in [2.75, 3.05) is 18.6 Å². The molecule has 78 valence electrons. The van der Waals surface area contributed by atoms with E-state index in [4.69, 9.17) is 10.5 Å². The first-order valence-corrected chi connectivity index (χ1v) is 5.82. The Hall–Kier alpha value is -1.03. The fraction of sp³-hybridized carbons (Fsp3) is 0.400. The third-order valence-corrected chi connectivity index (χ3v) is 3.43. The summed E-state index contributed by atoms with van der Waals surface area (Å²) < 4.78 is 16.8. The van der Waals surface area contributed by atoms with E-state index < -0.39 is 10.8 Å². The van der Waals surface area contributed by atoms with E-state index in [9.17, 15) is 4.21 Å². The second kappa shape index (κ2) is 5.00. The average Bonchev–Trinajstić information content (AvgIpc) is 2.17. The predicted molar refractivity (Wildman–Crippen MR) is 59.0 cm³/mol. The third kappa shape index (κ3) is 2.48. The van der Waals surface area contributed by atoms with Gasteiger partial charge < -0.3 is 10.5 Å². The fourth-order valence-electron chi connectivity index (χ4n) is 1.17. The highest BCUT2D eigenvalue weighted by Crippen LogP contribution is 2.24. The molecule has 0 aliphatic carbocycles. The molecule has 0 bridgehead atoms. The Morgan fingerprint density at radius 3 is 2.79 bits per heavy atom. The van der Waals surface area contributed by atoms with Gasteiger partial charge in [-0.15, -0.1) is 0 Å². The van der Waals surface area contributed by atoms with Crippen molar-refractivity contribution in [2.24, 2.45) is 0 Å². The highest BCUT2D eigenvalue weighted by Gasteiger charge is 2.09. The molecular weight excluding hydrogens is 198 g/mol. The topological polar surface area (TPSA) is 52.3 Å². The van der Waals surface area contributed by atoms with Crippen molar-refractivity contribution in [1.29, 1.82) is 0 Å². The molecule has 4 heteroatoms. The maximum atomic E-state index is 11.7. The van der Waals surface area contributed by atoms with Crippen LogP contribution in [0.5, 0.6) is 5.75 Å². The number of rotatable bonds is 4. The Bertz CT molecular complexity index is 339. The summed E-state index contributed by atoms with van der Waals surface area (Å²) >= 11 is 0. The number of hydrogen-bond donors (Lipinski definition) is 1. The van der Waals surface area contributed by atoms with E-state index in [-0.39, 0.29) is 0 Å². The molecule has 2 N–H and O–H groups in total. The van der Waals surface area contributed by atoms with Gasteiger partial charge in [0.25, 0.3) is 0 Å². The van der Waals surface area contributed by atoms with Crippen LogP contribution < -0.4 is 10.5 Å². The van der Waals surface area contributed by atoms with Gasteiger partial charge in [-0.1, -0.05) is 6.92 Å². The monoisotopic (exact) mass is 213 g/mol. The summed E-state index contributed by atoms with van der Waals surface area (Å²) in [5.74, 6) is 1.26. The van der Waals surface area contributed by atoms with Crippen LogP contribution in [0.3, 0.4) is 0 Å². The lowest BCUT2D eigenvalue weighted by Gasteiger charge is -2.08. The molecule has 0 fully saturated rings. The average molecular weight is 213 g/mol. The normalized spacial score (nSPS) is 12.4. The molecular formula is C10H15NO2S. The van der Waals surface area contributed by atoms with Crippen molar-refractivity contribution in [3.63, 3.8) is 0 Å². The second-order valence-corrected chi connectivity index (χ2v) is 4.50. The summed E-state index contributed by atoms with van der Waals surface area (Å²) in [6.45, 7) is 2.00. The van der Waals surface area contributed by atoms with E-state index in [0.29, 0.717) is 17.2 Å².